The minimum atomic E-state index is -0.353. The summed E-state index contributed by atoms with van der Waals surface area (Å²) in [6.45, 7) is 4.45. The van der Waals surface area contributed by atoms with Crippen molar-refractivity contribution in [2.75, 3.05) is 6.54 Å². The molecule has 0 aromatic carbocycles. The lowest BCUT2D eigenvalue weighted by molar-refractivity contribution is 0.182. The molecule has 16 heavy (non-hydrogen) atoms. The van der Waals surface area contributed by atoms with Gasteiger partial charge in [-0.15, -0.1) is 0 Å². The molecule has 1 aliphatic carbocycles. The third-order valence-electron chi connectivity index (χ3n) is 3.28. The minimum absolute atomic E-state index is 0.0978. The molecule has 0 aromatic rings. The molecule has 3 unspecified atom stereocenters. The van der Waals surface area contributed by atoms with Crippen LogP contribution in [0.3, 0.4) is 0 Å². The first-order valence-electron chi connectivity index (χ1n) is 6.32. The summed E-state index contributed by atoms with van der Waals surface area (Å²) in [5, 5.41) is 14.8. The Kier molecular flexibility index (Phi) is 5.60. The molecule has 0 radical (unpaired) electrons. The maximum absolute atomic E-state index is 11.5. The summed E-state index contributed by atoms with van der Waals surface area (Å²) >= 11 is 0. The summed E-state index contributed by atoms with van der Waals surface area (Å²) in [6.07, 6.45) is 5.04. The molecule has 94 valence electrons. The van der Waals surface area contributed by atoms with Gasteiger partial charge in [0.15, 0.2) is 0 Å². The van der Waals surface area contributed by atoms with E-state index in [2.05, 4.69) is 17.6 Å². The van der Waals surface area contributed by atoms with Gasteiger partial charge in [-0.25, -0.2) is 4.79 Å². The standard InChI is InChI=1S/C12H24N2O2/c1-9-5-3-4-6-11(9)14-12(16)13-8-7-10(2)15/h9-11,15H,3-8H2,1-2H3,(H2,13,14,16). The van der Waals surface area contributed by atoms with Gasteiger partial charge >= 0.3 is 6.03 Å². The van der Waals surface area contributed by atoms with Gasteiger partial charge in [0.05, 0.1) is 6.10 Å². The number of urea groups is 1. The van der Waals surface area contributed by atoms with Crippen LogP contribution in [0.4, 0.5) is 4.79 Å². The first-order valence-corrected chi connectivity index (χ1v) is 6.32. The molecule has 0 aliphatic heterocycles. The summed E-state index contributed by atoms with van der Waals surface area (Å²) in [7, 11) is 0. The van der Waals surface area contributed by atoms with Gasteiger partial charge in [0, 0.05) is 12.6 Å². The third kappa shape index (κ3) is 4.84. The SMILES string of the molecule is CC(O)CCNC(=O)NC1CCCCC1C. The highest BCUT2D eigenvalue weighted by atomic mass is 16.3. The molecule has 1 aliphatic rings. The zero-order valence-corrected chi connectivity index (χ0v) is 10.3. The molecule has 0 heterocycles. The Balaban J connectivity index is 2.17. The summed E-state index contributed by atoms with van der Waals surface area (Å²) in [6, 6.07) is 0.222. The average molecular weight is 228 g/mol. The Bertz CT molecular complexity index is 219. The van der Waals surface area contributed by atoms with Crippen molar-refractivity contribution >= 4 is 6.03 Å². The van der Waals surface area contributed by atoms with E-state index < -0.39 is 0 Å². The Hall–Kier alpha value is -0.770. The van der Waals surface area contributed by atoms with Gasteiger partial charge in [-0.05, 0) is 32.1 Å². The van der Waals surface area contributed by atoms with Crippen molar-refractivity contribution in [1.29, 1.82) is 0 Å². The lowest BCUT2D eigenvalue weighted by atomic mass is 9.86. The second kappa shape index (κ2) is 6.74. The van der Waals surface area contributed by atoms with Crippen LogP contribution in [-0.2, 0) is 0 Å². The molecule has 0 saturated heterocycles. The smallest absolute Gasteiger partial charge is 0.315 e. The lowest BCUT2D eigenvalue weighted by Crippen LogP contribution is -2.46. The monoisotopic (exact) mass is 228 g/mol. The van der Waals surface area contributed by atoms with Crippen LogP contribution >= 0.6 is 0 Å². The van der Waals surface area contributed by atoms with Crippen LogP contribution in [0.1, 0.15) is 46.0 Å². The van der Waals surface area contributed by atoms with Gasteiger partial charge in [-0.1, -0.05) is 19.8 Å². The molecule has 2 amide bonds. The van der Waals surface area contributed by atoms with E-state index in [1.165, 1.54) is 19.3 Å². The van der Waals surface area contributed by atoms with Crippen LogP contribution in [0.15, 0.2) is 0 Å². The summed E-state index contributed by atoms with van der Waals surface area (Å²) in [5.41, 5.74) is 0. The van der Waals surface area contributed by atoms with Crippen LogP contribution in [0, 0.1) is 5.92 Å². The predicted molar refractivity (Wildman–Crippen MR) is 64.3 cm³/mol. The van der Waals surface area contributed by atoms with Crippen molar-refractivity contribution < 1.29 is 9.90 Å². The van der Waals surface area contributed by atoms with Gasteiger partial charge in [0.25, 0.3) is 0 Å². The van der Waals surface area contributed by atoms with E-state index in [4.69, 9.17) is 5.11 Å². The van der Waals surface area contributed by atoms with Crippen molar-refractivity contribution in [1.82, 2.24) is 10.6 Å². The van der Waals surface area contributed by atoms with Crippen LogP contribution in [-0.4, -0.2) is 29.8 Å². The van der Waals surface area contributed by atoms with E-state index in [0.29, 0.717) is 24.9 Å². The molecule has 0 bridgehead atoms. The first-order chi connectivity index (χ1) is 7.59. The molecule has 1 fully saturated rings. The number of aliphatic hydroxyl groups is 1. The molecule has 1 saturated carbocycles. The maximum Gasteiger partial charge on any atom is 0.315 e. The summed E-state index contributed by atoms with van der Waals surface area (Å²) in [5.74, 6) is 0.580. The van der Waals surface area contributed by atoms with Crippen molar-refractivity contribution in [2.45, 2.75) is 58.1 Å². The average Bonchev–Trinajstić information content (AvgIpc) is 2.21. The molecule has 3 N–H and O–H groups in total. The van der Waals surface area contributed by atoms with Gasteiger partial charge < -0.3 is 15.7 Å². The van der Waals surface area contributed by atoms with Crippen LogP contribution in [0.5, 0.6) is 0 Å². The van der Waals surface area contributed by atoms with Crippen molar-refractivity contribution in [2.24, 2.45) is 5.92 Å². The Morgan fingerprint density at radius 3 is 2.75 bits per heavy atom. The molecule has 4 nitrogen and oxygen atoms in total. The summed E-state index contributed by atoms with van der Waals surface area (Å²) in [4.78, 5) is 11.5. The normalized spacial score (nSPS) is 27.2. The Morgan fingerprint density at radius 1 is 1.44 bits per heavy atom. The zero-order valence-electron chi connectivity index (χ0n) is 10.3. The second-order valence-corrected chi connectivity index (χ2v) is 4.91. The number of carbonyl (C=O) groups excluding carboxylic acids is 1. The van der Waals surface area contributed by atoms with Gasteiger partial charge in [-0.3, -0.25) is 0 Å². The second-order valence-electron chi connectivity index (χ2n) is 4.91. The fraction of sp³-hybridized carbons (Fsp3) is 0.917. The van der Waals surface area contributed by atoms with E-state index in [1.807, 2.05) is 0 Å². The molecule has 1 rings (SSSR count). The highest BCUT2D eigenvalue weighted by Crippen LogP contribution is 2.23. The number of rotatable bonds is 4. The third-order valence-corrected chi connectivity index (χ3v) is 3.28. The molecular formula is C12H24N2O2. The van der Waals surface area contributed by atoms with E-state index in [9.17, 15) is 4.79 Å². The summed E-state index contributed by atoms with van der Waals surface area (Å²) < 4.78 is 0. The highest BCUT2D eigenvalue weighted by molar-refractivity contribution is 5.74. The Morgan fingerprint density at radius 2 is 2.12 bits per heavy atom. The van der Waals surface area contributed by atoms with Crippen LogP contribution in [0.2, 0.25) is 0 Å². The lowest BCUT2D eigenvalue weighted by Gasteiger charge is -2.29. The number of hydrogen-bond acceptors (Lipinski definition) is 2. The minimum Gasteiger partial charge on any atom is -0.393 e. The largest absolute Gasteiger partial charge is 0.393 e. The molecule has 0 aromatic heterocycles. The fourth-order valence-corrected chi connectivity index (χ4v) is 2.14. The number of amides is 2. The van der Waals surface area contributed by atoms with E-state index in [-0.39, 0.29) is 12.1 Å². The van der Waals surface area contributed by atoms with Gasteiger partial charge in [0.2, 0.25) is 0 Å². The van der Waals surface area contributed by atoms with Crippen LogP contribution in [0.25, 0.3) is 0 Å². The topological polar surface area (TPSA) is 61.4 Å². The van der Waals surface area contributed by atoms with Gasteiger partial charge in [0.1, 0.15) is 0 Å². The Labute approximate surface area is 97.8 Å². The number of nitrogens with one attached hydrogen (secondary N) is 2. The molecular weight excluding hydrogens is 204 g/mol. The molecule has 4 heteroatoms. The molecule has 0 spiro atoms. The number of hydrogen-bond donors (Lipinski definition) is 3. The van der Waals surface area contributed by atoms with Crippen molar-refractivity contribution in [3.63, 3.8) is 0 Å². The van der Waals surface area contributed by atoms with E-state index >= 15 is 0 Å². The number of aliphatic hydroxyl groups excluding tert-OH is 1. The maximum atomic E-state index is 11.5. The quantitative estimate of drug-likeness (QED) is 0.685. The van der Waals surface area contributed by atoms with E-state index in [1.54, 1.807) is 6.92 Å². The van der Waals surface area contributed by atoms with E-state index in [0.717, 1.165) is 6.42 Å². The predicted octanol–water partition coefficient (Wildman–Crippen LogP) is 1.64. The molecule has 3 atom stereocenters. The highest BCUT2D eigenvalue weighted by Gasteiger charge is 2.22. The van der Waals surface area contributed by atoms with Crippen LogP contribution < -0.4 is 10.6 Å². The number of carbonyl (C=O) groups is 1. The zero-order chi connectivity index (χ0) is 12.0. The fourth-order valence-electron chi connectivity index (χ4n) is 2.14. The van der Waals surface area contributed by atoms with Gasteiger partial charge in [-0.2, -0.15) is 0 Å². The first kappa shape index (κ1) is 13.3. The van der Waals surface area contributed by atoms with Crippen molar-refractivity contribution in [3.05, 3.63) is 0 Å². The van der Waals surface area contributed by atoms with Crippen molar-refractivity contribution in [3.8, 4) is 0 Å².